The molecular weight excluding hydrogens is 771 g/mol. The summed E-state index contributed by atoms with van der Waals surface area (Å²) >= 11 is 5.79. The Balaban J connectivity index is 1.24. The van der Waals surface area contributed by atoms with Crippen LogP contribution in [0.2, 0.25) is 0 Å². The number of nitrogens with zero attached hydrogens (tertiary/aromatic N) is 2. The number of fused-ring (bicyclic) bond motifs is 1. The molecule has 16 heteroatoms. The van der Waals surface area contributed by atoms with Crippen molar-refractivity contribution in [2.45, 2.75) is 103 Å². The maximum absolute atomic E-state index is 12.3. The van der Waals surface area contributed by atoms with Crippen LogP contribution in [0.4, 0.5) is 5.69 Å². The van der Waals surface area contributed by atoms with Crippen molar-refractivity contribution in [2.75, 3.05) is 11.9 Å². The van der Waals surface area contributed by atoms with E-state index in [1.807, 2.05) is 79.1 Å². The molecule has 2 aliphatic heterocycles. The van der Waals surface area contributed by atoms with E-state index in [1.54, 1.807) is 0 Å². The van der Waals surface area contributed by atoms with Crippen molar-refractivity contribution >= 4 is 57.8 Å². The van der Waals surface area contributed by atoms with Gasteiger partial charge in [0.25, 0.3) is 0 Å². The average molecular weight is 818 g/mol. The van der Waals surface area contributed by atoms with Crippen molar-refractivity contribution in [3.8, 4) is 0 Å². The number of hydrogen-bond acceptors (Lipinski definition) is 14. The number of imidazole rings is 1. The van der Waals surface area contributed by atoms with Crippen molar-refractivity contribution in [3.05, 3.63) is 95.8 Å². The molecule has 2 fully saturated rings. The molecule has 0 saturated carbocycles. The third kappa shape index (κ3) is 10.4. The molecule has 3 aromatic carbocycles. The van der Waals surface area contributed by atoms with Crippen LogP contribution in [0.3, 0.4) is 0 Å². The zero-order valence-corrected chi connectivity index (χ0v) is 33.6. The predicted molar refractivity (Wildman–Crippen MR) is 212 cm³/mol. The standard InChI is InChI=1S/C42H47N3O12S/c1-23-35(19-45-22-43-32-11-6-7-12-33(32)45)56-42(57-38(23)29-15-13-28(20-46)14-16-29)30-9-8-10-31(17-30)44-37(58)18-34-39(52-25(3)48)41(54-27(5)50)40(53-26(4)49)36(55-34)21-51-24(2)47/h6-17,22-23,34-36,38-42,46H,18-21H2,1-5H3,(H,44,58). The van der Waals surface area contributed by atoms with E-state index in [2.05, 4.69) is 21.8 Å². The lowest BCUT2D eigenvalue weighted by Crippen LogP contribution is -2.62. The molecule has 2 N–H and O–H groups in total. The molecule has 0 spiro atoms. The highest BCUT2D eigenvalue weighted by molar-refractivity contribution is 7.80. The van der Waals surface area contributed by atoms with Gasteiger partial charge in [0.1, 0.15) is 18.8 Å². The number of carbonyl (C=O) groups excluding carboxylic acids is 4. The van der Waals surface area contributed by atoms with Gasteiger partial charge in [-0.15, -0.1) is 0 Å². The lowest BCUT2D eigenvalue weighted by Gasteiger charge is -2.44. The van der Waals surface area contributed by atoms with Gasteiger partial charge in [-0.25, -0.2) is 4.98 Å². The van der Waals surface area contributed by atoms with Gasteiger partial charge in [0.05, 0.1) is 47.7 Å². The highest BCUT2D eigenvalue weighted by Crippen LogP contribution is 2.43. The first-order valence-electron chi connectivity index (χ1n) is 18.9. The Labute approximate surface area is 340 Å². The molecule has 0 bridgehead atoms. The topological polar surface area (TPSA) is 183 Å². The quantitative estimate of drug-likeness (QED) is 0.101. The largest absolute Gasteiger partial charge is 0.463 e. The fourth-order valence-corrected chi connectivity index (χ4v) is 7.60. The van der Waals surface area contributed by atoms with E-state index in [9.17, 15) is 24.3 Å². The van der Waals surface area contributed by atoms with Crippen LogP contribution in [0, 0.1) is 5.92 Å². The molecule has 6 rings (SSSR count). The van der Waals surface area contributed by atoms with Gasteiger partial charge in [-0.2, -0.15) is 0 Å². The second-order valence-corrected chi connectivity index (χ2v) is 14.8. The van der Waals surface area contributed by atoms with Crippen molar-refractivity contribution in [2.24, 2.45) is 5.92 Å². The number of carbonyl (C=O) groups is 4. The Bertz CT molecular complexity index is 2110. The van der Waals surface area contributed by atoms with Gasteiger partial charge in [0, 0.05) is 51.3 Å². The summed E-state index contributed by atoms with van der Waals surface area (Å²) in [7, 11) is 0. The SMILES string of the molecule is CC(=O)OCC1OC(CC(=S)Nc2cccc(C3OC(Cn4cnc5ccccc54)C(C)C(c4ccc(CO)cc4)O3)c2)C(OC(C)=O)C(OC(C)=O)C1OC(C)=O. The number of ether oxygens (including phenoxy) is 7. The Morgan fingerprint density at radius 1 is 0.776 bits per heavy atom. The number of hydrogen-bond donors (Lipinski definition) is 2. The summed E-state index contributed by atoms with van der Waals surface area (Å²) in [6.07, 6.45) is -5.60. The van der Waals surface area contributed by atoms with Crippen LogP contribution < -0.4 is 5.32 Å². The normalized spacial score (nSPS) is 25.7. The van der Waals surface area contributed by atoms with Gasteiger partial charge >= 0.3 is 23.9 Å². The fourth-order valence-electron chi connectivity index (χ4n) is 7.32. The maximum atomic E-state index is 12.3. The molecule has 0 aliphatic carbocycles. The maximum Gasteiger partial charge on any atom is 0.303 e. The number of nitrogens with one attached hydrogen (secondary N) is 1. The number of aliphatic hydroxyl groups excluding tert-OH is 1. The van der Waals surface area contributed by atoms with Crippen molar-refractivity contribution in [3.63, 3.8) is 0 Å². The summed E-state index contributed by atoms with van der Waals surface area (Å²) < 4.78 is 43.6. The first-order chi connectivity index (χ1) is 27.8. The molecule has 58 heavy (non-hydrogen) atoms. The van der Waals surface area contributed by atoms with Gasteiger partial charge in [0.2, 0.25) is 0 Å². The van der Waals surface area contributed by atoms with Crippen LogP contribution in [-0.4, -0.2) is 86.8 Å². The van der Waals surface area contributed by atoms with Crippen molar-refractivity contribution < 1.29 is 57.4 Å². The summed E-state index contributed by atoms with van der Waals surface area (Å²) in [6, 6.07) is 23.0. The first-order valence-corrected chi connectivity index (χ1v) is 19.3. The van der Waals surface area contributed by atoms with Crippen LogP contribution in [0.25, 0.3) is 11.0 Å². The Morgan fingerprint density at radius 2 is 1.45 bits per heavy atom. The van der Waals surface area contributed by atoms with E-state index in [4.69, 9.17) is 45.4 Å². The van der Waals surface area contributed by atoms with E-state index in [0.29, 0.717) is 17.8 Å². The molecule has 9 unspecified atom stereocenters. The lowest BCUT2D eigenvalue weighted by atomic mass is 9.90. The number of anilines is 1. The zero-order chi connectivity index (χ0) is 41.5. The molecule has 0 amide bonds. The van der Waals surface area contributed by atoms with Gasteiger partial charge in [-0.05, 0) is 35.4 Å². The van der Waals surface area contributed by atoms with Crippen LogP contribution in [0.1, 0.15) is 70.1 Å². The molecule has 308 valence electrons. The van der Waals surface area contributed by atoms with Gasteiger partial charge in [-0.3, -0.25) is 19.2 Å². The highest BCUT2D eigenvalue weighted by atomic mass is 32.1. The van der Waals surface area contributed by atoms with Gasteiger partial charge in [0.15, 0.2) is 24.6 Å². The molecule has 1 aromatic heterocycles. The Kier molecular flexibility index (Phi) is 13.9. The third-order valence-corrected chi connectivity index (χ3v) is 10.2. The molecule has 2 aliphatic rings. The van der Waals surface area contributed by atoms with E-state index < -0.39 is 60.7 Å². The summed E-state index contributed by atoms with van der Waals surface area (Å²) in [6.45, 7) is 6.91. The number of benzene rings is 3. The second-order valence-electron chi connectivity index (χ2n) is 14.3. The summed E-state index contributed by atoms with van der Waals surface area (Å²) in [5.41, 5.74) is 4.92. The molecule has 2 saturated heterocycles. The number of aliphatic hydroxyl groups is 1. The van der Waals surface area contributed by atoms with Crippen molar-refractivity contribution in [1.82, 2.24) is 9.55 Å². The molecule has 15 nitrogen and oxygen atoms in total. The molecular formula is C42H47N3O12S. The van der Waals surface area contributed by atoms with E-state index in [-0.39, 0.29) is 42.7 Å². The van der Waals surface area contributed by atoms with E-state index >= 15 is 0 Å². The third-order valence-electron chi connectivity index (χ3n) is 9.94. The Hall–Kier alpha value is -5.26. The molecule has 3 heterocycles. The number of thiocarbonyl (C=S) groups is 1. The number of aromatic nitrogens is 2. The lowest BCUT2D eigenvalue weighted by molar-refractivity contribution is -0.276. The molecule has 9 atom stereocenters. The van der Waals surface area contributed by atoms with Gasteiger partial charge in [-0.1, -0.05) is 67.7 Å². The minimum absolute atomic E-state index is 0.0422. The number of esters is 4. The smallest absolute Gasteiger partial charge is 0.303 e. The van der Waals surface area contributed by atoms with Crippen LogP contribution >= 0.6 is 12.2 Å². The summed E-state index contributed by atoms with van der Waals surface area (Å²) in [4.78, 5) is 53.3. The monoisotopic (exact) mass is 817 g/mol. The summed E-state index contributed by atoms with van der Waals surface area (Å²) in [5, 5.41) is 12.9. The number of para-hydroxylation sites is 2. The highest BCUT2D eigenvalue weighted by Gasteiger charge is 2.52. The van der Waals surface area contributed by atoms with Crippen LogP contribution in [0.15, 0.2) is 79.1 Å². The Morgan fingerprint density at radius 3 is 2.12 bits per heavy atom. The number of rotatable bonds is 13. The average Bonchev–Trinajstić information content (AvgIpc) is 3.59. The summed E-state index contributed by atoms with van der Waals surface area (Å²) in [5.74, 6) is -2.84. The minimum atomic E-state index is -1.31. The first kappa shape index (κ1) is 42.3. The zero-order valence-electron chi connectivity index (χ0n) is 32.8. The minimum Gasteiger partial charge on any atom is -0.463 e. The fraction of sp³-hybridized carbons (Fsp3) is 0.429. The van der Waals surface area contributed by atoms with Crippen LogP contribution in [-0.2, 0) is 65.5 Å². The molecule has 0 radical (unpaired) electrons. The molecule has 4 aromatic rings. The second kappa shape index (κ2) is 19.0. The van der Waals surface area contributed by atoms with E-state index in [0.717, 1.165) is 36.0 Å². The van der Waals surface area contributed by atoms with Crippen LogP contribution in [0.5, 0.6) is 0 Å². The predicted octanol–water partition coefficient (Wildman–Crippen LogP) is 5.28. The van der Waals surface area contributed by atoms with Crippen molar-refractivity contribution in [1.29, 1.82) is 0 Å². The van der Waals surface area contributed by atoms with E-state index in [1.165, 1.54) is 13.8 Å². The van der Waals surface area contributed by atoms with Gasteiger partial charge < -0.3 is 48.1 Å².